The fraction of sp³-hybridized carbons (Fsp3) is 0.939. The Morgan fingerprint density at radius 2 is 0.984 bits per heavy atom. The van der Waals surface area contributed by atoms with Crippen molar-refractivity contribution in [1.82, 2.24) is 5.32 Å². The minimum absolute atomic E-state index is 0.238. The van der Waals surface area contributed by atoms with E-state index in [4.69, 9.17) is 18.9 Å². The van der Waals surface area contributed by atoms with Crippen LogP contribution in [0.25, 0.3) is 0 Å². The number of carbonyl (C=O) groups excluding carboxylic acids is 1. The summed E-state index contributed by atoms with van der Waals surface area (Å²) in [5.74, 6) is -0.238. The molecule has 0 radical (unpaired) electrons. The number of ether oxygens (including phenoxy) is 4. The summed E-state index contributed by atoms with van der Waals surface area (Å²) in [7, 11) is 0. The van der Waals surface area contributed by atoms with Gasteiger partial charge in [0.1, 0.15) is 48.8 Å². The first-order valence-corrected chi connectivity index (χ1v) is 25.4. The number of nitrogens with one attached hydrogen (secondary N) is 1. The Kier molecular flexibility index (Phi) is 33.8. The molecule has 2 aliphatic rings. The van der Waals surface area contributed by atoms with Crippen LogP contribution in [-0.2, 0) is 23.7 Å². The van der Waals surface area contributed by atoms with Crippen LogP contribution in [0.1, 0.15) is 200 Å². The molecule has 14 heteroatoms. The third-order valence-corrected chi connectivity index (χ3v) is 12.7. The van der Waals surface area contributed by atoms with Crippen molar-refractivity contribution in [3.63, 3.8) is 0 Å². The van der Waals surface area contributed by atoms with Crippen molar-refractivity contribution in [3.05, 3.63) is 12.2 Å². The Hall–Kier alpha value is -1.27. The standard InChI is InChI=1S/C49H93NO13/c1-3-5-7-9-11-13-15-17-18-19-20-21-23-25-27-29-31-33-41(54)50-37(38(53)32-30-28-26-24-22-16-14-12-10-8-6-4-2)36-60-48-46(59)44(57)47(40(35-52)62-48)63-49-45(58)43(56)42(55)39(34-51)61-49/h30,32,37-40,42-49,51-53,55-59H,3-29,31,33-36H2,1-2H3,(H,50,54)/b32-30+/t37-,38+,39+,40+,42-,43?,44?,45?,46?,47+,48+,49-/m0/s1. The molecule has 0 aromatic rings. The zero-order valence-corrected chi connectivity index (χ0v) is 39.3. The second-order valence-electron chi connectivity index (χ2n) is 18.3. The van der Waals surface area contributed by atoms with Crippen LogP contribution in [0, 0.1) is 0 Å². The molecule has 2 aliphatic heterocycles. The van der Waals surface area contributed by atoms with Gasteiger partial charge in [-0.25, -0.2) is 0 Å². The Labute approximate surface area is 380 Å². The SMILES string of the molecule is CCCCCCCCCCCC/C=C/[C@@H](O)[C@H](CO[C@@H]1O[C@H](CO)[C@@H](O[C@@H]2O[C@H](CO)[C@H](O)C(O)C2O)C(O)C1O)NC(=O)CCCCCCCCCCCCCCCCCCC. The first kappa shape index (κ1) is 57.9. The predicted molar refractivity (Wildman–Crippen MR) is 245 cm³/mol. The van der Waals surface area contributed by atoms with Crippen molar-refractivity contribution in [2.45, 2.75) is 274 Å². The number of unbranched alkanes of at least 4 members (excludes halogenated alkanes) is 26. The number of aliphatic hydroxyl groups excluding tert-OH is 8. The number of hydrogen-bond donors (Lipinski definition) is 9. The lowest BCUT2D eigenvalue weighted by molar-refractivity contribution is -0.359. The average molecular weight is 904 g/mol. The highest BCUT2D eigenvalue weighted by molar-refractivity contribution is 5.76. The molecular weight excluding hydrogens is 811 g/mol. The molecule has 0 spiro atoms. The molecule has 14 nitrogen and oxygen atoms in total. The highest BCUT2D eigenvalue weighted by Crippen LogP contribution is 2.30. The van der Waals surface area contributed by atoms with Crippen LogP contribution in [0.4, 0.5) is 0 Å². The normalized spacial score (nSPS) is 27.5. The maximum absolute atomic E-state index is 13.2. The van der Waals surface area contributed by atoms with Crippen LogP contribution in [0.15, 0.2) is 12.2 Å². The highest BCUT2D eigenvalue weighted by Gasteiger charge is 2.51. The summed E-state index contributed by atoms with van der Waals surface area (Å²) in [5.41, 5.74) is 0. The van der Waals surface area contributed by atoms with E-state index in [1.54, 1.807) is 6.08 Å². The van der Waals surface area contributed by atoms with Gasteiger partial charge in [-0.15, -0.1) is 0 Å². The van der Waals surface area contributed by atoms with E-state index in [-0.39, 0.29) is 18.9 Å². The molecule has 2 saturated heterocycles. The first-order valence-electron chi connectivity index (χ1n) is 25.4. The molecule has 12 atom stereocenters. The summed E-state index contributed by atoms with van der Waals surface area (Å²) in [6, 6.07) is -0.907. The summed E-state index contributed by atoms with van der Waals surface area (Å²) in [4.78, 5) is 13.2. The van der Waals surface area contributed by atoms with Gasteiger partial charge in [0.15, 0.2) is 12.6 Å². The second-order valence-corrected chi connectivity index (χ2v) is 18.3. The van der Waals surface area contributed by atoms with E-state index in [2.05, 4.69) is 19.2 Å². The topological polar surface area (TPSA) is 228 Å². The van der Waals surface area contributed by atoms with E-state index in [1.165, 1.54) is 135 Å². The van der Waals surface area contributed by atoms with Gasteiger partial charge in [0.25, 0.3) is 0 Å². The number of hydrogen-bond acceptors (Lipinski definition) is 13. The zero-order valence-electron chi connectivity index (χ0n) is 39.3. The largest absolute Gasteiger partial charge is 0.394 e. The molecule has 63 heavy (non-hydrogen) atoms. The third kappa shape index (κ3) is 24.4. The molecule has 4 unspecified atom stereocenters. The quantitative estimate of drug-likeness (QED) is 0.0241. The lowest BCUT2D eigenvalue weighted by Crippen LogP contribution is -2.65. The summed E-state index contributed by atoms with van der Waals surface area (Å²) in [6.07, 6.45) is 21.1. The molecule has 1 amide bonds. The van der Waals surface area contributed by atoms with Gasteiger partial charge in [-0.2, -0.15) is 0 Å². The van der Waals surface area contributed by atoms with Crippen LogP contribution < -0.4 is 5.32 Å². The predicted octanol–water partition coefficient (Wildman–Crippen LogP) is 6.38. The molecule has 0 aromatic carbocycles. The summed E-state index contributed by atoms with van der Waals surface area (Å²) in [6.45, 7) is 2.78. The molecule has 0 saturated carbocycles. The molecule has 0 bridgehead atoms. The maximum atomic E-state index is 13.2. The van der Waals surface area contributed by atoms with E-state index in [0.717, 1.165) is 38.5 Å². The van der Waals surface area contributed by atoms with Gasteiger partial charge in [-0.05, 0) is 19.3 Å². The van der Waals surface area contributed by atoms with Gasteiger partial charge in [0.05, 0.1) is 32.0 Å². The van der Waals surface area contributed by atoms with Crippen molar-refractivity contribution in [3.8, 4) is 0 Å². The van der Waals surface area contributed by atoms with Crippen molar-refractivity contribution in [2.75, 3.05) is 19.8 Å². The van der Waals surface area contributed by atoms with Crippen LogP contribution >= 0.6 is 0 Å². The van der Waals surface area contributed by atoms with Crippen molar-refractivity contribution < 1.29 is 64.6 Å². The highest BCUT2D eigenvalue weighted by atomic mass is 16.7. The van der Waals surface area contributed by atoms with E-state index < -0.39 is 86.8 Å². The Morgan fingerprint density at radius 1 is 0.556 bits per heavy atom. The second kappa shape index (κ2) is 36.8. The molecule has 2 heterocycles. The fourth-order valence-corrected chi connectivity index (χ4v) is 8.53. The van der Waals surface area contributed by atoms with Gasteiger partial charge < -0.3 is 65.1 Å². The zero-order chi connectivity index (χ0) is 46.1. The summed E-state index contributed by atoms with van der Waals surface area (Å²) >= 11 is 0. The molecule has 0 aliphatic carbocycles. The summed E-state index contributed by atoms with van der Waals surface area (Å²) in [5, 5.41) is 86.6. The molecule has 2 rings (SSSR count). The van der Waals surface area contributed by atoms with E-state index >= 15 is 0 Å². The lowest BCUT2D eigenvalue weighted by Gasteiger charge is -2.46. The molecule has 9 N–H and O–H groups in total. The van der Waals surface area contributed by atoms with Crippen molar-refractivity contribution in [2.24, 2.45) is 0 Å². The number of rotatable bonds is 39. The monoisotopic (exact) mass is 904 g/mol. The Morgan fingerprint density at radius 3 is 1.46 bits per heavy atom. The summed E-state index contributed by atoms with van der Waals surface area (Å²) < 4.78 is 22.7. The van der Waals surface area contributed by atoms with Crippen LogP contribution in [0.2, 0.25) is 0 Å². The van der Waals surface area contributed by atoms with Crippen LogP contribution in [0.3, 0.4) is 0 Å². The molecular formula is C49H93NO13. The lowest BCUT2D eigenvalue weighted by atomic mass is 9.97. The minimum Gasteiger partial charge on any atom is -0.394 e. The van der Waals surface area contributed by atoms with Crippen LogP contribution in [-0.4, -0.2) is 140 Å². The maximum Gasteiger partial charge on any atom is 0.220 e. The van der Waals surface area contributed by atoms with Gasteiger partial charge in [0.2, 0.25) is 5.91 Å². The Bertz CT molecular complexity index is 1120. The molecule has 0 aromatic heterocycles. The van der Waals surface area contributed by atoms with Gasteiger partial charge in [0, 0.05) is 6.42 Å². The van der Waals surface area contributed by atoms with Gasteiger partial charge in [-0.1, -0.05) is 187 Å². The number of amides is 1. The van der Waals surface area contributed by atoms with E-state index in [0.29, 0.717) is 6.42 Å². The Balaban J connectivity index is 1.84. The van der Waals surface area contributed by atoms with E-state index in [1.807, 2.05) is 6.08 Å². The minimum atomic E-state index is -1.78. The van der Waals surface area contributed by atoms with Crippen molar-refractivity contribution in [1.29, 1.82) is 0 Å². The third-order valence-electron chi connectivity index (χ3n) is 12.7. The smallest absolute Gasteiger partial charge is 0.220 e. The first-order chi connectivity index (χ1) is 30.6. The fourth-order valence-electron chi connectivity index (χ4n) is 8.53. The average Bonchev–Trinajstić information content (AvgIpc) is 3.28. The van der Waals surface area contributed by atoms with Crippen LogP contribution in [0.5, 0.6) is 0 Å². The number of aliphatic hydroxyl groups is 8. The van der Waals surface area contributed by atoms with Gasteiger partial charge in [-0.3, -0.25) is 4.79 Å². The molecule has 372 valence electrons. The number of carbonyl (C=O) groups is 1. The molecule has 2 fully saturated rings. The van der Waals surface area contributed by atoms with Crippen molar-refractivity contribution >= 4 is 5.91 Å². The van der Waals surface area contributed by atoms with Gasteiger partial charge >= 0.3 is 0 Å². The number of allylic oxidation sites excluding steroid dienone is 1. The van der Waals surface area contributed by atoms with E-state index in [9.17, 15) is 45.6 Å².